The maximum absolute atomic E-state index is 15.1. The van der Waals surface area contributed by atoms with Crippen LogP contribution in [0.4, 0.5) is 10.1 Å². The van der Waals surface area contributed by atoms with Crippen molar-refractivity contribution in [3.05, 3.63) is 125 Å². The molecule has 0 radical (unpaired) electrons. The molecule has 11 heteroatoms. The second kappa shape index (κ2) is 16.4. The number of amides is 2. The van der Waals surface area contributed by atoms with Gasteiger partial charge >= 0.3 is 0 Å². The van der Waals surface area contributed by atoms with E-state index in [1.54, 1.807) is 18.2 Å². The molecule has 0 spiro atoms. The standard InChI is InChI=1S/C36H39ClFN3O5S/c1-4-5-21-39-36(43)33(22-27-11-7-6-8-12-27)40(24-28-13-9-10-14-32(28)38)35(42)25-41(29-17-20-34(46-3)31(37)23-29)47(44,45)30-18-15-26(2)16-19-30/h6-20,23,33H,4-5,21-22,24-25H2,1-3H3,(H,39,43). The molecule has 248 valence electrons. The first-order chi connectivity index (χ1) is 22.5. The van der Waals surface area contributed by atoms with Gasteiger partial charge in [-0.3, -0.25) is 13.9 Å². The number of aryl methyl sites for hydroxylation is 1. The van der Waals surface area contributed by atoms with Crippen LogP contribution < -0.4 is 14.4 Å². The van der Waals surface area contributed by atoms with Gasteiger partial charge in [0.2, 0.25) is 11.8 Å². The zero-order chi connectivity index (χ0) is 34.0. The molecule has 4 rings (SSSR count). The molecule has 0 heterocycles. The number of ether oxygens (including phenoxy) is 1. The van der Waals surface area contributed by atoms with Crippen LogP contribution in [0.3, 0.4) is 0 Å². The molecule has 1 N–H and O–H groups in total. The van der Waals surface area contributed by atoms with E-state index in [0.29, 0.717) is 12.3 Å². The number of unbranched alkanes of at least 4 members (excludes halogenated alkanes) is 1. The van der Waals surface area contributed by atoms with E-state index in [2.05, 4.69) is 5.32 Å². The fourth-order valence-corrected chi connectivity index (χ4v) is 6.70. The third kappa shape index (κ3) is 9.11. The highest BCUT2D eigenvalue weighted by atomic mass is 35.5. The lowest BCUT2D eigenvalue weighted by Crippen LogP contribution is -2.53. The fourth-order valence-electron chi connectivity index (χ4n) is 5.05. The van der Waals surface area contributed by atoms with Crippen LogP contribution in [0.1, 0.15) is 36.5 Å². The van der Waals surface area contributed by atoms with Crippen molar-refractivity contribution in [1.82, 2.24) is 10.2 Å². The number of carbonyl (C=O) groups is 2. The Morgan fingerprint density at radius 1 is 0.957 bits per heavy atom. The summed E-state index contributed by atoms with van der Waals surface area (Å²) in [5, 5.41) is 3.06. The SMILES string of the molecule is CCCCNC(=O)C(Cc1ccccc1)N(Cc1ccccc1F)C(=O)CN(c1ccc(OC)c(Cl)c1)S(=O)(=O)c1ccc(C)cc1. The van der Waals surface area contributed by atoms with E-state index in [-0.39, 0.29) is 34.1 Å². The molecule has 0 aliphatic rings. The largest absolute Gasteiger partial charge is 0.495 e. The van der Waals surface area contributed by atoms with Gasteiger partial charge in [0.15, 0.2) is 0 Å². The third-order valence-electron chi connectivity index (χ3n) is 7.71. The maximum atomic E-state index is 15.1. The number of benzene rings is 4. The number of rotatable bonds is 15. The summed E-state index contributed by atoms with van der Waals surface area (Å²) >= 11 is 6.42. The summed E-state index contributed by atoms with van der Waals surface area (Å²) in [6.07, 6.45) is 1.70. The molecule has 0 saturated carbocycles. The first-order valence-corrected chi connectivity index (χ1v) is 17.1. The number of anilines is 1. The minimum absolute atomic E-state index is 0.0401. The van der Waals surface area contributed by atoms with Crippen molar-refractivity contribution in [2.45, 2.75) is 50.6 Å². The molecule has 1 atom stereocenters. The van der Waals surface area contributed by atoms with Gasteiger partial charge in [-0.15, -0.1) is 0 Å². The Morgan fingerprint density at radius 3 is 2.28 bits per heavy atom. The highest BCUT2D eigenvalue weighted by molar-refractivity contribution is 7.92. The van der Waals surface area contributed by atoms with Gasteiger partial charge in [0.1, 0.15) is 24.2 Å². The van der Waals surface area contributed by atoms with E-state index in [9.17, 15) is 18.0 Å². The number of hydrogen-bond acceptors (Lipinski definition) is 5. The molecule has 1 unspecified atom stereocenters. The average molecular weight is 680 g/mol. The molecule has 0 aliphatic carbocycles. The minimum Gasteiger partial charge on any atom is -0.495 e. The number of hydrogen-bond donors (Lipinski definition) is 1. The lowest BCUT2D eigenvalue weighted by Gasteiger charge is -2.34. The molecule has 0 saturated heterocycles. The third-order valence-corrected chi connectivity index (χ3v) is 9.79. The van der Waals surface area contributed by atoms with Crippen LogP contribution in [0.15, 0.2) is 102 Å². The average Bonchev–Trinajstić information content (AvgIpc) is 3.06. The van der Waals surface area contributed by atoms with Crippen LogP contribution >= 0.6 is 11.6 Å². The number of carbonyl (C=O) groups excluding carboxylic acids is 2. The zero-order valence-corrected chi connectivity index (χ0v) is 28.2. The monoisotopic (exact) mass is 679 g/mol. The summed E-state index contributed by atoms with van der Waals surface area (Å²) in [4.78, 5) is 29.5. The minimum atomic E-state index is -4.33. The van der Waals surface area contributed by atoms with E-state index >= 15 is 4.39 Å². The number of nitrogens with zero attached hydrogens (tertiary/aromatic N) is 2. The van der Waals surface area contributed by atoms with Crippen LogP contribution in [-0.4, -0.2) is 51.4 Å². The number of nitrogens with one attached hydrogen (secondary N) is 1. The topological polar surface area (TPSA) is 96.0 Å². The quantitative estimate of drug-likeness (QED) is 0.144. The summed E-state index contributed by atoms with van der Waals surface area (Å²) in [5.41, 5.74) is 1.93. The Labute approximate surface area is 281 Å². The maximum Gasteiger partial charge on any atom is 0.264 e. The summed E-state index contributed by atoms with van der Waals surface area (Å²) in [5.74, 6) is -1.36. The van der Waals surface area contributed by atoms with Crippen LogP contribution in [0.25, 0.3) is 0 Å². The summed E-state index contributed by atoms with van der Waals surface area (Å²) in [7, 11) is -2.89. The second-order valence-corrected chi connectivity index (χ2v) is 13.4. The van der Waals surface area contributed by atoms with Crippen LogP contribution in [0.2, 0.25) is 5.02 Å². The van der Waals surface area contributed by atoms with E-state index in [1.807, 2.05) is 44.2 Å². The summed E-state index contributed by atoms with van der Waals surface area (Å²) < 4.78 is 49.7. The van der Waals surface area contributed by atoms with Crippen molar-refractivity contribution in [2.24, 2.45) is 0 Å². The normalized spacial score (nSPS) is 11.9. The predicted molar refractivity (Wildman–Crippen MR) is 183 cm³/mol. The molecule has 4 aromatic rings. The molecular formula is C36H39ClFN3O5S. The predicted octanol–water partition coefficient (Wildman–Crippen LogP) is 6.55. The smallest absolute Gasteiger partial charge is 0.264 e. The van der Waals surface area contributed by atoms with Gasteiger partial charge in [-0.2, -0.15) is 0 Å². The molecule has 0 aromatic heterocycles. The highest BCUT2D eigenvalue weighted by Gasteiger charge is 2.35. The Kier molecular flexibility index (Phi) is 12.4. The Hall–Kier alpha value is -4.41. The van der Waals surface area contributed by atoms with E-state index in [0.717, 1.165) is 28.3 Å². The molecule has 0 aliphatic heterocycles. The number of methoxy groups -OCH3 is 1. The van der Waals surface area contributed by atoms with E-state index in [1.165, 1.54) is 60.5 Å². The van der Waals surface area contributed by atoms with Gasteiger partial charge in [0.05, 0.1) is 22.7 Å². The van der Waals surface area contributed by atoms with E-state index in [4.69, 9.17) is 16.3 Å². The molecular weight excluding hydrogens is 641 g/mol. The van der Waals surface area contributed by atoms with Crippen molar-refractivity contribution >= 4 is 39.1 Å². The molecule has 47 heavy (non-hydrogen) atoms. The Morgan fingerprint density at radius 2 is 1.64 bits per heavy atom. The van der Waals surface area contributed by atoms with Gasteiger partial charge < -0.3 is 15.0 Å². The van der Waals surface area contributed by atoms with Crippen molar-refractivity contribution in [3.63, 3.8) is 0 Å². The van der Waals surface area contributed by atoms with Crippen LogP contribution in [0, 0.1) is 12.7 Å². The lowest BCUT2D eigenvalue weighted by molar-refractivity contribution is -0.140. The van der Waals surface area contributed by atoms with Crippen molar-refractivity contribution in [3.8, 4) is 5.75 Å². The van der Waals surface area contributed by atoms with Gasteiger partial charge in [-0.1, -0.05) is 91.2 Å². The number of halogens is 2. The first kappa shape index (κ1) is 35.4. The molecule has 0 fully saturated rings. The molecule has 4 aromatic carbocycles. The fraction of sp³-hybridized carbons (Fsp3) is 0.278. The zero-order valence-electron chi connectivity index (χ0n) is 26.7. The second-order valence-electron chi connectivity index (χ2n) is 11.1. The van der Waals surface area contributed by atoms with Gasteiger partial charge in [0.25, 0.3) is 10.0 Å². The summed E-state index contributed by atoms with van der Waals surface area (Å²) in [6, 6.07) is 24.7. The van der Waals surface area contributed by atoms with Crippen molar-refractivity contribution < 1.29 is 27.1 Å². The molecule has 8 nitrogen and oxygen atoms in total. The van der Waals surface area contributed by atoms with Crippen LogP contribution in [0.5, 0.6) is 5.75 Å². The first-order valence-electron chi connectivity index (χ1n) is 15.3. The van der Waals surface area contributed by atoms with Gasteiger partial charge in [0, 0.05) is 25.1 Å². The highest BCUT2D eigenvalue weighted by Crippen LogP contribution is 2.32. The molecule has 2 amide bonds. The summed E-state index contributed by atoms with van der Waals surface area (Å²) in [6.45, 7) is 3.25. The van der Waals surface area contributed by atoms with Crippen LogP contribution in [-0.2, 0) is 32.6 Å². The molecule has 0 bridgehead atoms. The van der Waals surface area contributed by atoms with Gasteiger partial charge in [-0.05, 0) is 55.3 Å². The van der Waals surface area contributed by atoms with Crippen molar-refractivity contribution in [1.29, 1.82) is 0 Å². The Balaban J connectivity index is 1.82. The van der Waals surface area contributed by atoms with Gasteiger partial charge in [-0.25, -0.2) is 12.8 Å². The number of sulfonamides is 1. The van der Waals surface area contributed by atoms with E-state index < -0.39 is 40.2 Å². The van der Waals surface area contributed by atoms with Crippen molar-refractivity contribution in [2.75, 3.05) is 24.5 Å². The Bertz CT molecular complexity index is 1770. The lowest BCUT2D eigenvalue weighted by atomic mass is 10.0.